The van der Waals surface area contributed by atoms with E-state index in [0.29, 0.717) is 21.5 Å². The predicted octanol–water partition coefficient (Wildman–Crippen LogP) is 2.87. The number of anilines is 1. The van der Waals surface area contributed by atoms with E-state index in [9.17, 15) is 4.39 Å². The van der Waals surface area contributed by atoms with Crippen molar-refractivity contribution in [1.82, 2.24) is 10.2 Å². The van der Waals surface area contributed by atoms with Crippen LogP contribution in [0.3, 0.4) is 0 Å². The first-order chi connectivity index (χ1) is 7.09. The topological polar surface area (TPSA) is 54.7 Å². The number of rotatable bonds is 1. The summed E-state index contributed by atoms with van der Waals surface area (Å²) in [5.41, 5.74) is 7.44. The second kappa shape index (κ2) is 3.66. The molecule has 0 unspecified atom stereocenters. The van der Waals surface area contributed by atoms with Gasteiger partial charge in [0.1, 0.15) is 11.6 Å². The van der Waals surface area contributed by atoms with Gasteiger partial charge in [-0.2, -0.15) is 5.10 Å². The number of H-pyrrole nitrogens is 1. The largest absolute Gasteiger partial charge is 0.382 e. The smallest absolute Gasteiger partial charge is 0.148 e. The molecule has 3 nitrogen and oxygen atoms in total. The van der Waals surface area contributed by atoms with Gasteiger partial charge in [0.05, 0.1) is 5.69 Å². The molecule has 0 spiro atoms. The Balaban J connectivity index is 2.59. The van der Waals surface area contributed by atoms with Crippen molar-refractivity contribution in [3.05, 3.63) is 34.1 Å². The molecule has 0 radical (unpaired) electrons. The van der Waals surface area contributed by atoms with Gasteiger partial charge in [-0.1, -0.05) is 15.9 Å². The Morgan fingerprint density at radius 3 is 2.73 bits per heavy atom. The molecule has 0 saturated carbocycles. The van der Waals surface area contributed by atoms with E-state index in [1.54, 1.807) is 19.1 Å². The number of aromatic nitrogens is 2. The van der Waals surface area contributed by atoms with Crippen LogP contribution in [0, 0.1) is 12.7 Å². The lowest BCUT2D eigenvalue weighted by molar-refractivity contribution is 0.629. The van der Waals surface area contributed by atoms with Crippen LogP contribution < -0.4 is 5.73 Å². The molecular formula is C10H9BrFN3. The molecule has 0 aliphatic carbocycles. The van der Waals surface area contributed by atoms with Gasteiger partial charge in [0.2, 0.25) is 0 Å². The molecule has 2 rings (SSSR count). The molecule has 15 heavy (non-hydrogen) atoms. The molecule has 0 saturated heterocycles. The Kier molecular flexibility index (Phi) is 2.48. The number of nitrogens with two attached hydrogens (primary N) is 1. The van der Waals surface area contributed by atoms with Crippen LogP contribution >= 0.6 is 15.9 Å². The van der Waals surface area contributed by atoms with Gasteiger partial charge in [-0.3, -0.25) is 5.10 Å². The van der Waals surface area contributed by atoms with Gasteiger partial charge in [0, 0.05) is 15.6 Å². The van der Waals surface area contributed by atoms with Gasteiger partial charge in [-0.05, 0) is 25.1 Å². The monoisotopic (exact) mass is 269 g/mol. The molecule has 0 aliphatic heterocycles. The van der Waals surface area contributed by atoms with Crippen LogP contribution in [-0.2, 0) is 0 Å². The number of nitrogens with one attached hydrogen (secondary N) is 1. The molecular weight excluding hydrogens is 261 g/mol. The summed E-state index contributed by atoms with van der Waals surface area (Å²) in [5.74, 6) is 0.0865. The lowest BCUT2D eigenvalue weighted by Crippen LogP contribution is -1.88. The Hall–Kier alpha value is -1.36. The van der Waals surface area contributed by atoms with Crippen molar-refractivity contribution in [2.75, 3.05) is 5.73 Å². The van der Waals surface area contributed by atoms with Crippen LogP contribution in [0.2, 0.25) is 0 Å². The number of nitrogens with zero attached hydrogens (tertiary/aromatic N) is 1. The Labute approximate surface area is 94.6 Å². The second-order valence-corrected chi connectivity index (χ2v) is 4.15. The van der Waals surface area contributed by atoms with E-state index < -0.39 is 0 Å². The highest BCUT2D eigenvalue weighted by Crippen LogP contribution is 2.28. The van der Waals surface area contributed by atoms with Crippen molar-refractivity contribution >= 4 is 21.7 Å². The predicted molar refractivity (Wildman–Crippen MR) is 60.8 cm³/mol. The van der Waals surface area contributed by atoms with Gasteiger partial charge in [-0.25, -0.2) is 4.39 Å². The number of nitrogen functional groups attached to an aromatic ring is 1. The molecule has 78 valence electrons. The highest BCUT2D eigenvalue weighted by molar-refractivity contribution is 9.10. The summed E-state index contributed by atoms with van der Waals surface area (Å²) >= 11 is 3.20. The van der Waals surface area contributed by atoms with Crippen LogP contribution in [0.5, 0.6) is 0 Å². The fourth-order valence-electron chi connectivity index (χ4n) is 1.37. The first-order valence-electron chi connectivity index (χ1n) is 4.35. The maximum atomic E-state index is 13.6. The normalized spacial score (nSPS) is 10.6. The summed E-state index contributed by atoms with van der Waals surface area (Å²) in [6.45, 7) is 1.80. The lowest BCUT2D eigenvalue weighted by Gasteiger charge is -2.02. The number of hydrogen-bond donors (Lipinski definition) is 2. The van der Waals surface area contributed by atoms with Crippen LogP contribution in [0.1, 0.15) is 5.56 Å². The van der Waals surface area contributed by atoms with Gasteiger partial charge >= 0.3 is 0 Å². The maximum Gasteiger partial charge on any atom is 0.148 e. The molecule has 5 heteroatoms. The summed E-state index contributed by atoms with van der Waals surface area (Å²) in [7, 11) is 0. The SMILES string of the molecule is Cc1c(N)n[nH]c1-c1ccc(Br)cc1F. The van der Waals surface area contributed by atoms with Gasteiger partial charge < -0.3 is 5.73 Å². The van der Waals surface area contributed by atoms with E-state index in [1.807, 2.05) is 0 Å². The van der Waals surface area contributed by atoms with E-state index in [0.717, 1.165) is 5.56 Å². The van der Waals surface area contributed by atoms with E-state index in [1.165, 1.54) is 6.07 Å². The van der Waals surface area contributed by atoms with Crippen molar-refractivity contribution < 1.29 is 4.39 Å². The third-order valence-corrected chi connectivity index (χ3v) is 2.74. The number of aromatic amines is 1. The first kappa shape index (κ1) is 10.2. The average Bonchev–Trinajstić information content (AvgIpc) is 2.49. The number of hydrogen-bond acceptors (Lipinski definition) is 2. The minimum absolute atomic E-state index is 0.309. The van der Waals surface area contributed by atoms with E-state index in [-0.39, 0.29) is 5.82 Å². The fourth-order valence-corrected chi connectivity index (χ4v) is 1.70. The fraction of sp³-hybridized carbons (Fsp3) is 0.100. The highest BCUT2D eigenvalue weighted by Gasteiger charge is 2.12. The van der Waals surface area contributed by atoms with Crippen LogP contribution in [0.15, 0.2) is 22.7 Å². The van der Waals surface area contributed by atoms with Crippen molar-refractivity contribution in [2.24, 2.45) is 0 Å². The Bertz CT molecular complexity index is 507. The zero-order valence-corrected chi connectivity index (χ0v) is 9.60. The van der Waals surface area contributed by atoms with Crippen LogP contribution in [0.4, 0.5) is 10.2 Å². The third-order valence-electron chi connectivity index (χ3n) is 2.25. The first-order valence-corrected chi connectivity index (χ1v) is 5.14. The van der Waals surface area contributed by atoms with Crippen molar-refractivity contribution in [3.8, 4) is 11.3 Å². The Morgan fingerprint density at radius 2 is 2.20 bits per heavy atom. The molecule has 3 N–H and O–H groups in total. The highest BCUT2D eigenvalue weighted by atomic mass is 79.9. The van der Waals surface area contributed by atoms with Crippen molar-refractivity contribution in [2.45, 2.75) is 6.92 Å². The van der Waals surface area contributed by atoms with Crippen molar-refractivity contribution in [1.29, 1.82) is 0 Å². The lowest BCUT2D eigenvalue weighted by atomic mass is 10.1. The summed E-state index contributed by atoms with van der Waals surface area (Å²) < 4.78 is 14.3. The number of benzene rings is 1. The van der Waals surface area contributed by atoms with Crippen LogP contribution in [-0.4, -0.2) is 10.2 Å². The summed E-state index contributed by atoms with van der Waals surface area (Å²) in [6.07, 6.45) is 0. The van der Waals surface area contributed by atoms with E-state index >= 15 is 0 Å². The molecule has 1 aromatic carbocycles. The zero-order valence-electron chi connectivity index (χ0n) is 8.01. The molecule has 0 fully saturated rings. The zero-order chi connectivity index (χ0) is 11.0. The molecule has 0 aliphatic rings. The quantitative estimate of drug-likeness (QED) is 0.837. The van der Waals surface area contributed by atoms with E-state index in [4.69, 9.17) is 5.73 Å². The van der Waals surface area contributed by atoms with Gasteiger partial charge in [0.15, 0.2) is 0 Å². The molecule has 1 aromatic heterocycles. The van der Waals surface area contributed by atoms with Crippen molar-refractivity contribution in [3.63, 3.8) is 0 Å². The molecule has 2 aromatic rings. The second-order valence-electron chi connectivity index (χ2n) is 3.23. The van der Waals surface area contributed by atoms with E-state index in [2.05, 4.69) is 26.1 Å². The minimum Gasteiger partial charge on any atom is -0.382 e. The van der Waals surface area contributed by atoms with Gasteiger partial charge in [0.25, 0.3) is 0 Å². The molecule has 1 heterocycles. The minimum atomic E-state index is -0.309. The maximum absolute atomic E-state index is 13.6. The molecule has 0 bridgehead atoms. The van der Waals surface area contributed by atoms with Crippen LogP contribution in [0.25, 0.3) is 11.3 Å². The van der Waals surface area contributed by atoms with Gasteiger partial charge in [-0.15, -0.1) is 0 Å². The third kappa shape index (κ3) is 1.74. The molecule has 0 amide bonds. The number of halogens is 2. The summed E-state index contributed by atoms with van der Waals surface area (Å²) in [5, 5.41) is 6.55. The summed E-state index contributed by atoms with van der Waals surface area (Å²) in [4.78, 5) is 0. The standard InChI is InChI=1S/C10H9BrFN3/c1-5-9(14-15-10(5)13)7-3-2-6(11)4-8(7)12/h2-4H,1H3,(H3,13,14,15). The Morgan fingerprint density at radius 1 is 1.47 bits per heavy atom. The molecule has 0 atom stereocenters. The summed E-state index contributed by atoms with van der Waals surface area (Å²) in [6, 6.07) is 4.86. The average molecular weight is 270 g/mol.